The van der Waals surface area contributed by atoms with Gasteiger partial charge in [0.2, 0.25) is 10.0 Å². The zero-order valence-corrected chi connectivity index (χ0v) is 18.2. The van der Waals surface area contributed by atoms with E-state index >= 15 is 0 Å². The zero-order valence-electron chi connectivity index (χ0n) is 16.5. The van der Waals surface area contributed by atoms with Crippen LogP contribution in [-0.2, 0) is 10.0 Å². The highest BCUT2D eigenvalue weighted by atomic mass is 32.2. The van der Waals surface area contributed by atoms with Crippen molar-refractivity contribution in [3.05, 3.63) is 41.1 Å². The van der Waals surface area contributed by atoms with Crippen molar-refractivity contribution in [3.8, 4) is 11.1 Å². The lowest BCUT2D eigenvalue weighted by Crippen LogP contribution is -2.60. The topological polar surface area (TPSA) is 55.9 Å². The molecule has 5 rings (SSSR count). The van der Waals surface area contributed by atoms with E-state index in [0.29, 0.717) is 18.0 Å². The number of nitrogens with zero attached hydrogens (tertiary/aromatic N) is 3. The lowest BCUT2D eigenvalue weighted by Gasteiger charge is -2.45. The minimum Gasteiger partial charge on any atom is -0.298 e. The van der Waals surface area contributed by atoms with E-state index < -0.39 is 10.0 Å². The maximum atomic E-state index is 13.4. The van der Waals surface area contributed by atoms with Gasteiger partial charge in [-0.05, 0) is 52.9 Å². The van der Waals surface area contributed by atoms with Gasteiger partial charge in [-0.2, -0.15) is 15.6 Å². The van der Waals surface area contributed by atoms with Crippen molar-refractivity contribution in [1.82, 2.24) is 19.4 Å². The van der Waals surface area contributed by atoms with E-state index in [1.54, 1.807) is 27.8 Å². The van der Waals surface area contributed by atoms with Gasteiger partial charge in [-0.1, -0.05) is 18.6 Å². The second-order valence-corrected chi connectivity index (χ2v) is 10.8. The molecular weight excluding hydrogens is 404 g/mol. The number of nitrogens with one attached hydrogen (secondary N) is 1. The van der Waals surface area contributed by atoms with Crippen LogP contribution in [0, 0.1) is 0 Å². The molecule has 2 aromatic rings. The van der Waals surface area contributed by atoms with E-state index in [4.69, 9.17) is 0 Å². The molecule has 3 aliphatic rings. The lowest BCUT2D eigenvalue weighted by atomic mass is 9.91. The molecule has 3 heterocycles. The predicted octanol–water partition coefficient (Wildman–Crippen LogP) is 2.46. The molecule has 29 heavy (non-hydrogen) atoms. The number of piperazine rings is 1. The van der Waals surface area contributed by atoms with Crippen LogP contribution in [0.1, 0.15) is 19.3 Å². The van der Waals surface area contributed by atoms with Crippen LogP contribution < -0.4 is 5.32 Å². The Balaban J connectivity index is 1.29. The second kappa shape index (κ2) is 8.09. The summed E-state index contributed by atoms with van der Waals surface area (Å²) < 4.78 is 28.4. The van der Waals surface area contributed by atoms with E-state index in [2.05, 4.69) is 26.6 Å². The molecule has 2 aliphatic heterocycles. The van der Waals surface area contributed by atoms with Gasteiger partial charge in [0.15, 0.2) is 0 Å². The van der Waals surface area contributed by atoms with Gasteiger partial charge in [-0.25, -0.2) is 8.42 Å². The summed E-state index contributed by atoms with van der Waals surface area (Å²) in [6, 6.07) is 10.1. The van der Waals surface area contributed by atoms with Crippen molar-refractivity contribution in [3.63, 3.8) is 0 Å². The Labute approximate surface area is 177 Å². The van der Waals surface area contributed by atoms with E-state index in [0.717, 1.165) is 43.3 Å². The summed E-state index contributed by atoms with van der Waals surface area (Å²) >= 11 is 1.64. The number of benzene rings is 1. The Morgan fingerprint density at radius 2 is 1.62 bits per heavy atom. The molecule has 1 unspecified atom stereocenters. The molecule has 0 spiro atoms. The minimum atomic E-state index is -3.53. The minimum absolute atomic E-state index is 0.236. The van der Waals surface area contributed by atoms with Crippen LogP contribution in [0.25, 0.3) is 11.1 Å². The molecule has 156 valence electrons. The molecule has 8 heteroatoms. The highest BCUT2D eigenvalue weighted by molar-refractivity contribution is 7.89. The third kappa shape index (κ3) is 3.78. The van der Waals surface area contributed by atoms with Gasteiger partial charge in [0.25, 0.3) is 0 Å². The molecule has 1 N–H and O–H groups in total. The summed E-state index contributed by atoms with van der Waals surface area (Å²) in [6.07, 6.45) is 3.76. The van der Waals surface area contributed by atoms with Crippen LogP contribution in [0.15, 0.2) is 46.0 Å². The van der Waals surface area contributed by atoms with Crippen LogP contribution in [0.5, 0.6) is 0 Å². The number of thiophene rings is 1. The first kappa shape index (κ1) is 19.7. The normalized spacial score (nSPS) is 25.3. The van der Waals surface area contributed by atoms with Gasteiger partial charge >= 0.3 is 0 Å². The van der Waals surface area contributed by atoms with Crippen molar-refractivity contribution in [1.29, 1.82) is 0 Å². The van der Waals surface area contributed by atoms with Crippen molar-refractivity contribution >= 4 is 21.4 Å². The van der Waals surface area contributed by atoms with Gasteiger partial charge in [-0.3, -0.25) is 15.1 Å². The summed E-state index contributed by atoms with van der Waals surface area (Å²) in [5.74, 6) is 0. The van der Waals surface area contributed by atoms with Gasteiger partial charge < -0.3 is 0 Å². The van der Waals surface area contributed by atoms with Gasteiger partial charge in [0.05, 0.1) is 4.90 Å². The summed E-state index contributed by atoms with van der Waals surface area (Å²) in [6.45, 7) is 5.11. The molecule has 2 saturated heterocycles. The third-order valence-electron chi connectivity index (χ3n) is 6.53. The number of hydrogen-bond acceptors (Lipinski definition) is 6. The smallest absolute Gasteiger partial charge is 0.245 e. The Bertz CT molecular complexity index is 918. The van der Waals surface area contributed by atoms with Crippen molar-refractivity contribution in [2.45, 2.75) is 36.5 Å². The first-order valence-corrected chi connectivity index (χ1v) is 12.9. The molecule has 6 nitrogen and oxygen atoms in total. The predicted molar refractivity (Wildman–Crippen MR) is 116 cm³/mol. The quantitative estimate of drug-likeness (QED) is 0.787. The Hall–Kier alpha value is -1.29. The Morgan fingerprint density at radius 1 is 0.897 bits per heavy atom. The first-order chi connectivity index (χ1) is 14.1. The maximum absolute atomic E-state index is 13.4. The average molecular weight is 433 g/mol. The molecule has 0 bridgehead atoms. The maximum Gasteiger partial charge on any atom is 0.245 e. The van der Waals surface area contributed by atoms with Crippen LogP contribution >= 0.6 is 11.3 Å². The molecule has 1 aromatic carbocycles. The van der Waals surface area contributed by atoms with Crippen LogP contribution in [0.3, 0.4) is 0 Å². The van der Waals surface area contributed by atoms with Crippen molar-refractivity contribution in [2.75, 3.05) is 39.3 Å². The number of hydrogen-bond donors (Lipinski definition) is 1. The average Bonchev–Trinajstić information content (AvgIpc) is 3.40. The summed E-state index contributed by atoms with van der Waals surface area (Å²) in [4.78, 5) is 5.24. The molecule has 0 amide bonds. The fourth-order valence-corrected chi connectivity index (χ4v) is 6.79. The molecule has 1 atom stereocenters. The largest absolute Gasteiger partial charge is 0.298 e. The van der Waals surface area contributed by atoms with Crippen molar-refractivity contribution in [2.24, 2.45) is 0 Å². The van der Waals surface area contributed by atoms with Crippen LogP contribution in [-0.4, -0.2) is 74.1 Å². The monoisotopic (exact) mass is 432 g/mol. The fourth-order valence-electron chi connectivity index (χ4n) is 4.57. The van der Waals surface area contributed by atoms with Crippen LogP contribution in [0.2, 0.25) is 0 Å². The Kier molecular flexibility index (Phi) is 5.49. The molecule has 1 saturated carbocycles. The van der Waals surface area contributed by atoms with Gasteiger partial charge in [0.1, 0.15) is 6.29 Å². The van der Waals surface area contributed by atoms with Gasteiger partial charge in [-0.15, -0.1) is 0 Å². The number of sulfonamides is 1. The Morgan fingerprint density at radius 3 is 2.24 bits per heavy atom. The summed E-state index contributed by atoms with van der Waals surface area (Å²) in [7, 11) is -3.53. The second-order valence-electron chi connectivity index (χ2n) is 8.14. The van der Waals surface area contributed by atoms with E-state index in [1.165, 1.54) is 19.3 Å². The number of rotatable bonds is 5. The zero-order chi connectivity index (χ0) is 19.8. The van der Waals surface area contributed by atoms with E-state index in [1.807, 2.05) is 17.5 Å². The fraction of sp³-hybridized carbons (Fsp3) is 0.524. The summed E-state index contributed by atoms with van der Waals surface area (Å²) in [5, 5.41) is 7.52. The molecule has 1 aromatic heterocycles. The standard InChI is InChI=1S/C21H28N4O2S2/c26-29(27,20-6-4-17(5-7-20)18-8-15-28-16-18)25-10-9-22-21(25)24-13-11-23(12-14-24)19-2-1-3-19/h4-8,15-16,19,21-22H,1-3,9-14H2. The van der Waals surface area contributed by atoms with Crippen molar-refractivity contribution < 1.29 is 8.42 Å². The SMILES string of the molecule is O=S(=O)(c1ccc(-c2ccsc2)cc1)N1CCNC1N1CCN(C2CCC2)CC1. The van der Waals surface area contributed by atoms with E-state index in [-0.39, 0.29) is 6.29 Å². The third-order valence-corrected chi connectivity index (χ3v) is 9.08. The molecule has 3 fully saturated rings. The molecular formula is C21H28N4O2S2. The molecule has 1 aliphatic carbocycles. The first-order valence-electron chi connectivity index (χ1n) is 10.5. The van der Waals surface area contributed by atoms with E-state index in [9.17, 15) is 8.42 Å². The highest BCUT2D eigenvalue weighted by Crippen LogP contribution is 2.28. The van der Waals surface area contributed by atoms with Crippen LogP contribution in [0.4, 0.5) is 0 Å². The van der Waals surface area contributed by atoms with Gasteiger partial charge in [0, 0.05) is 45.3 Å². The molecule has 0 radical (unpaired) electrons. The summed E-state index contributed by atoms with van der Waals surface area (Å²) in [5.41, 5.74) is 2.18. The highest BCUT2D eigenvalue weighted by Gasteiger charge is 2.40. The lowest BCUT2D eigenvalue weighted by molar-refractivity contribution is 0.0170.